The molecule has 6 nitrogen and oxygen atoms in total. The molecule has 178 valence electrons. The SMILES string of the molecule is Fc1ccc(N2CC3(CC(c4nnc5n4-c4ccc(Cl)cc4CN(CC(F)(F)F)C5)C3)C2)nc1. The largest absolute Gasteiger partial charge is 0.401 e. The number of fused-ring (bicyclic) bond motifs is 3. The van der Waals surface area contributed by atoms with Gasteiger partial charge in [0.1, 0.15) is 17.5 Å². The van der Waals surface area contributed by atoms with E-state index in [1.54, 1.807) is 18.2 Å². The van der Waals surface area contributed by atoms with Crippen molar-refractivity contribution in [1.29, 1.82) is 0 Å². The number of alkyl halides is 3. The van der Waals surface area contributed by atoms with Crippen molar-refractivity contribution in [1.82, 2.24) is 24.6 Å². The summed E-state index contributed by atoms with van der Waals surface area (Å²) in [5.41, 5.74) is 1.67. The van der Waals surface area contributed by atoms with Crippen molar-refractivity contribution >= 4 is 17.4 Å². The topological polar surface area (TPSA) is 50.1 Å². The first kappa shape index (κ1) is 21.8. The van der Waals surface area contributed by atoms with Gasteiger partial charge in [-0.25, -0.2) is 9.37 Å². The van der Waals surface area contributed by atoms with E-state index in [1.807, 2.05) is 10.6 Å². The van der Waals surface area contributed by atoms with Crippen molar-refractivity contribution in [3.63, 3.8) is 0 Å². The fourth-order valence-corrected chi connectivity index (χ4v) is 5.82. The molecule has 2 fully saturated rings. The number of anilines is 1. The first-order chi connectivity index (χ1) is 16.2. The van der Waals surface area contributed by atoms with E-state index in [0.717, 1.165) is 48.8 Å². The molecule has 1 saturated heterocycles. The molecular weight excluding hydrogens is 472 g/mol. The summed E-state index contributed by atoms with van der Waals surface area (Å²) >= 11 is 6.18. The molecule has 0 unspecified atom stereocenters. The molecule has 11 heteroatoms. The predicted octanol–water partition coefficient (Wildman–Crippen LogP) is 4.72. The lowest BCUT2D eigenvalue weighted by molar-refractivity contribution is -0.148. The van der Waals surface area contributed by atoms with E-state index in [4.69, 9.17) is 11.6 Å². The number of hydrogen-bond acceptors (Lipinski definition) is 5. The molecule has 0 atom stereocenters. The van der Waals surface area contributed by atoms with Crippen molar-refractivity contribution < 1.29 is 17.6 Å². The second-order valence-corrected chi connectivity index (χ2v) is 10.1. The van der Waals surface area contributed by atoms with Crippen molar-refractivity contribution in [2.75, 3.05) is 24.5 Å². The zero-order chi connectivity index (χ0) is 23.7. The van der Waals surface area contributed by atoms with Gasteiger partial charge in [0, 0.05) is 36.0 Å². The van der Waals surface area contributed by atoms with Crippen LogP contribution in [0.15, 0.2) is 36.5 Å². The first-order valence-corrected chi connectivity index (χ1v) is 11.4. The lowest BCUT2D eigenvalue weighted by atomic mass is 9.57. The molecular formula is C23H21ClF4N6. The van der Waals surface area contributed by atoms with Gasteiger partial charge in [0.05, 0.1) is 25.0 Å². The average molecular weight is 493 g/mol. The van der Waals surface area contributed by atoms with Crippen LogP contribution >= 0.6 is 11.6 Å². The summed E-state index contributed by atoms with van der Waals surface area (Å²) in [4.78, 5) is 7.61. The van der Waals surface area contributed by atoms with Crippen LogP contribution in [0, 0.1) is 11.2 Å². The number of hydrogen-bond donors (Lipinski definition) is 0. The van der Waals surface area contributed by atoms with E-state index in [-0.39, 0.29) is 30.2 Å². The highest BCUT2D eigenvalue weighted by atomic mass is 35.5. The average Bonchev–Trinajstić information content (AvgIpc) is 3.02. The molecule has 2 aromatic heterocycles. The van der Waals surface area contributed by atoms with Gasteiger partial charge in [-0.1, -0.05) is 11.6 Å². The Balaban J connectivity index is 1.24. The van der Waals surface area contributed by atoms with Gasteiger partial charge in [-0.15, -0.1) is 10.2 Å². The zero-order valence-electron chi connectivity index (χ0n) is 18.1. The number of pyridine rings is 1. The van der Waals surface area contributed by atoms with Crippen molar-refractivity contribution in [2.24, 2.45) is 5.41 Å². The maximum atomic E-state index is 13.2. The summed E-state index contributed by atoms with van der Waals surface area (Å²) in [6.45, 7) is 0.845. The van der Waals surface area contributed by atoms with Crippen LogP contribution in [-0.4, -0.2) is 50.5 Å². The van der Waals surface area contributed by atoms with E-state index in [1.165, 1.54) is 17.2 Å². The third-order valence-corrected chi connectivity index (χ3v) is 7.25. The maximum absolute atomic E-state index is 13.2. The predicted molar refractivity (Wildman–Crippen MR) is 117 cm³/mol. The molecule has 0 N–H and O–H groups in total. The van der Waals surface area contributed by atoms with Crippen molar-refractivity contribution in [3.8, 4) is 5.69 Å². The molecule has 1 aliphatic carbocycles. The summed E-state index contributed by atoms with van der Waals surface area (Å²) in [6, 6.07) is 8.40. The van der Waals surface area contributed by atoms with Crippen LogP contribution in [0.2, 0.25) is 5.02 Å². The molecule has 4 heterocycles. The van der Waals surface area contributed by atoms with Crippen molar-refractivity contribution in [2.45, 2.75) is 38.0 Å². The van der Waals surface area contributed by atoms with E-state index >= 15 is 0 Å². The highest BCUT2D eigenvalue weighted by Gasteiger charge is 2.54. The first-order valence-electron chi connectivity index (χ1n) is 11.1. The minimum Gasteiger partial charge on any atom is -0.355 e. The van der Waals surface area contributed by atoms with Gasteiger partial charge < -0.3 is 4.90 Å². The molecule has 1 saturated carbocycles. The lowest BCUT2D eigenvalue weighted by Gasteiger charge is -2.59. The van der Waals surface area contributed by atoms with Gasteiger partial charge in [0.15, 0.2) is 5.82 Å². The summed E-state index contributed by atoms with van der Waals surface area (Å²) in [7, 11) is 0. The van der Waals surface area contributed by atoms with E-state index in [0.29, 0.717) is 10.8 Å². The van der Waals surface area contributed by atoms with Crippen LogP contribution in [0.4, 0.5) is 23.4 Å². The Morgan fingerprint density at radius 3 is 2.56 bits per heavy atom. The van der Waals surface area contributed by atoms with Crippen LogP contribution in [0.3, 0.4) is 0 Å². The van der Waals surface area contributed by atoms with Gasteiger partial charge in [-0.3, -0.25) is 9.47 Å². The van der Waals surface area contributed by atoms with Gasteiger partial charge in [0.25, 0.3) is 0 Å². The number of rotatable bonds is 3. The standard InChI is InChI=1S/C23H21ClF4N6/c24-16-1-3-18-14(5-16)9-32(13-23(26,27)28)10-20-30-31-21(34(18)20)15-6-22(7-15)11-33(12-22)19-4-2-17(25)8-29-19/h1-5,8,15H,6-7,9-13H2. The summed E-state index contributed by atoms with van der Waals surface area (Å²) < 4.78 is 54.6. The molecule has 3 aliphatic rings. The molecule has 3 aromatic rings. The molecule has 0 bridgehead atoms. The van der Waals surface area contributed by atoms with Gasteiger partial charge in [-0.05, 0) is 48.7 Å². The lowest BCUT2D eigenvalue weighted by Crippen LogP contribution is -2.62. The maximum Gasteiger partial charge on any atom is 0.401 e. The smallest absolute Gasteiger partial charge is 0.355 e. The second-order valence-electron chi connectivity index (χ2n) is 9.64. The number of benzene rings is 1. The third-order valence-electron chi connectivity index (χ3n) is 7.01. The molecule has 0 amide bonds. The Morgan fingerprint density at radius 2 is 1.85 bits per heavy atom. The van der Waals surface area contributed by atoms with Crippen molar-refractivity contribution in [3.05, 3.63) is 64.6 Å². The fraction of sp³-hybridized carbons (Fsp3) is 0.435. The number of aromatic nitrogens is 4. The zero-order valence-corrected chi connectivity index (χ0v) is 18.8. The number of halogens is 5. The van der Waals surface area contributed by atoms with Gasteiger partial charge in [0.2, 0.25) is 0 Å². The Hall–Kier alpha value is -2.72. The number of nitrogens with zero attached hydrogens (tertiary/aromatic N) is 6. The summed E-state index contributed by atoms with van der Waals surface area (Å²) in [6.07, 6.45) is -1.26. The third kappa shape index (κ3) is 3.82. The normalized spacial score (nSPS) is 19.9. The quantitative estimate of drug-likeness (QED) is 0.495. The molecule has 6 rings (SSSR count). The van der Waals surface area contributed by atoms with E-state index in [9.17, 15) is 17.6 Å². The molecule has 34 heavy (non-hydrogen) atoms. The molecule has 1 aromatic carbocycles. The molecule has 2 aliphatic heterocycles. The Kier molecular flexibility index (Phi) is 4.90. The Morgan fingerprint density at radius 1 is 1.06 bits per heavy atom. The Bertz CT molecular complexity index is 1230. The summed E-state index contributed by atoms with van der Waals surface area (Å²) in [5, 5.41) is 9.21. The second kappa shape index (κ2) is 7.64. The van der Waals surface area contributed by atoms with Crippen LogP contribution in [-0.2, 0) is 13.1 Å². The monoisotopic (exact) mass is 492 g/mol. The molecule has 1 spiro atoms. The fourth-order valence-electron chi connectivity index (χ4n) is 5.63. The van der Waals surface area contributed by atoms with Crippen LogP contribution in [0.5, 0.6) is 0 Å². The van der Waals surface area contributed by atoms with Crippen LogP contribution in [0.25, 0.3) is 5.69 Å². The van der Waals surface area contributed by atoms with Gasteiger partial charge in [-0.2, -0.15) is 13.2 Å². The summed E-state index contributed by atoms with van der Waals surface area (Å²) in [5.74, 6) is 1.87. The molecule has 0 radical (unpaired) electrons. The van der Waals surface area contributed by atoms with Crippen LogP contribution < -0.4 is 4.90 Å². The highest BCUT2D eigenvalue weighted by molar-refractivity contribution is 6.30. The minimum atomic E-state index is -4.31. The Labute approximate surface area is 198 Å². The van der Waals surface area contributed by atoms with E-state index in [2.05, 4.69) is 20.1 Å². The highest BCUT2D eigenvalue weighted by Crippen LogP contribution is 2.56. The van der Waals surface area contributed by atoms with Crippen LogP contribution in [0.1, 0.15) is 36.0 Å². The van der Waals surface area contributed by atoms with Gasteiger partial charge >= 0.3 is 6.18 Å². The minimum absolute atomic E-state index is 0.0562. The van der Waals surface area contributed by atoms with E-state index < -0.39 is 12.7 Å².